The molecule has 1 aliphatic rings. The topological polar surface area (TPSA) is 41.8 Å². The summed E-state index contributed by atoms with van der Waals surface area (Å²) in [6.07, 6.45) is 3.00. The van der Waals surface area contributed by atoms with Gasteiger partial charge in [0.1, 0.15) is 11.9 Å². The molecule has 2 rings (SSSR count). The molecule has 0 radical (unpaired) electrons. The molecule has 1 heterocycles. The van der Waals surface area contributed by atoms with E-state index < -0.39 is 0 Å². The van der Waals surface area contributed by atoms with E-state index in [1.165, 1.54) is 18.2 Å². The van der Waals surface area contributed by atoms with Crippen LogP contribution in [0.4, 0.5) is 4.39 Å². The lowest BCUT2D eigenvalue weighted by Crippen LogP contribution is -1.98. The lowest BCUT2D eigenvalue weighted by atomic mass is 10.1. The second kappa shape index (κ2) is 3.49. The van der Waals surface area contributed by atoms with Crippen LogP contribution < -0.4 is 0 Å². The van der Waals surface area contributed by atoms with Crippen molar-refractivity contribution in [3.8, 4) is 0 Å². The van der Waals surface area contributed by atoms with E-state index in [-0.39, 0.29) is 17.8 Å². The number of amides is 1. The number of nitrogens with zero attached hydrogens (tertiary/aromatic N) is 2. The predicted octanol–water partition coefficient (Wildman–Crippen LogP) is 2.42. The van der Waals surface area contributed by atoms with Crippen LogP contribution in [-0.4, -0.2) is 5.91 Å². The molecule has 1 unspecified atom stereocenters. The second-order valence-corrected chi connectivity index (χ2v) is 2.91. The monoisotopic (exact) mass is 190 g/mol. The molecule has 0 spiro atoms. The first-order valence-electron chi connectivity index (χ1n) is 4.14. The average Bonchev–Trinajstić information content (AvgIpc) is 2.21. The predicted molar refractivity (Wildman–Crippen MR) is 48.1 cm³/mol. The first-order valence-corrected chi connectivity index (χ1v) is 4.14. The van der Waals surface area contributed by atoms with Crippen LogP contribution in [0.5, 0.6) is 0 Å². The third kappa shape index (κ3) is 1.74. The van der Waals surface area contributed by atoms with Crippen LogP contribution in [0.3, 0.4) is 0 Å². The smallest absolute Gasteiger partial charge is 0.266 e. The van der Waals surface area contributed by atoms with Crippen LogP contribution >= 0.6 is 0 Å². The van der Waals surface area contributed by atoms with Crippen molar-refractivity contribution in [2.24, 2.45) is 10.2 Å². The minimum Gasteiger partial charge on any atom is -0.266 e. The lowest BCUT2D eigenvalue weighted by Gasteiger charge is -2.08. The largest absolute Gasteiger partial charge is 0.287 e. The van der Waals surface area contributed by atoms with Crippen LogP contribution in [0, 0.1) is 5.82 Å². The van der Waals surface area contributed by atoms with Crippen LogP contribution in [0.2, 0.25) is 0 Å². The minimum atomic E-state index is -0.358. The highest BCUT2D eigenvalue weighted by Crippen LogP contribution is 2.21. The van der Waals surface area contributed by atoms with Gasteiger partial charge in [-0.2, -0.15) is 5.11 Å². The van der Waals surface area contributed by atoms with E-state index >= 15 is 0 Å². The molecule has 1 amide bonds. The van der Waals surface area contributed by atoms with Gasteiger partial charge in [0.25, 0.3) is 5.91 Å². The Hall–Kier alpha value is -1.84. The van der Waals surface area contributed by atoms with Gasteiger partial charge < -0.3 is 0 Å². The van der Waals surface area contributed by atoms with Crippen LogP contribution in [-0.2, 0) is 4.79 Å². The number of rotatable bonds is 1. The fraction of sp³-hybridized carbons (Fsp3) is 0.100. The normalized spacial score (nSPS) is 20.1. The summed E-state index contributed by atoms with van der Waals surface area (Å²) in [5, 5.41) is 7.19. The summed E-state index contributed by atoms with van der Waals surface area (Å²) in [4.78, 5) is 10.7. The first kappa shape index (κ1) is 8.74. The van der Waals surface area contributed by atoms with Crippen LogP contribution in [0.25, 0.3) is 0 Å². The van der Waals surface area contributed by atoms with Crippen molar-refractivity contribution in [1.29, 1.82) is 0 Å². The van der Waals surface area contributed by atoms with Gasteiger partial charge in [0.2, 0.25) is 0 Å². The maximum Gasteiger partial charge on any atom is 0.287 e. The van der Waals surface area contributed by atoms with Crippen molar-refractivity contribution < 1.29 is 9.18 Å². The zero-order valence-corrected chi connectivity index (χ0v) is 7.22. The molecule has 1 aromatic carbocycles. The third-order valence-electron chi connectivity index (χ3n) is 1.91. The van der Waals surface area contributed by atoms with E-state index in [9.17, 15) is 9.18 Å². The SMILES string of the molecule is O=C1C=CC(c2ccc(F)cc2)N=N1. The molecule has 14 heavy (non-hydrogen) atoms. The van der Waals surface area contributed by atoms with Crippen molar-refractivity contribution in [2.75, 3.05) is 0 Å². The Morgan fingerprint density at radius 1 is 1.21 bits per heavy atom. The molecule has 1 atom stereocenters. The number of carbonyl (C=O) groups is 1. The molecule has 0 fully saturated rings. The van der Waals surface area contributed by atoms with Crippen molar-refractivity contribution in [3.63, 3.8) is 0 Å². The minimum absolute atomic E-state index is 0.270. The summed E-state index contributed by atoms with van der Waals surface area (Å²) in [7, 11) is 0. The van der Waals surface area contributed by atoms with Crippen molar-refractivity contribution in [1.82, 2.24) is 0 Å². The van der Waals surface area contributed by atoms with E-state index in [4.69, 9.17) is 0 Å². The molecule has 0 saturated heterocycles. The zero-order chi connectivity index (χ0) is 9.97. The number of benzene rings is 1. The van der Waals surface area contributed by atoms with E-state index in [0.29, 0.717) is 0 Å². The van der Waals surface area contributed by atoms with Crippen LogP contribution in [0.15, 0.2) is 46.6 Å². The summed E-state index contributed by atoms with van der Waals surface area (Å²) in [6.45, 7) is 0. The molecular weight excluding hydrogens is 183 g/mol. The van der Waals surface area contributed by atoms with Gasteiger partial charge >= 0.3 is 0 Å². The first-order chi connectivity index (χ1) is 6.75. The Labute approximate surface area is 80.0 Å². The molecule has 4 heteroatoms. The van der Waals surface area contributed by atoms with Gasteiger partial charge in [0.15, 0.2) is 0 Å². The van der Waals surface area contributed by atoms with Gasteiger partial charge in [-0.1, -0.05) is 12.1 Å². The maximum atomic E-state index is 12.6. The molecule has 0 saturated carbocycles. The number of hydrogen-bond acceptors (Lipinski definition) is 2. The molecule has 0 aromatic heterocycles. The van der Waals surface area contributed by atoms with E-state index in [1.807, 2.05) is 0 Å². The highest BCUT2D eigenvalue weighted by atomic mass is 19.1. The third-order valence-corrected chi connectivity index (χ3v) is 1.91. The Morgan fingerprint density at radius 2 is 1.93 bits per heavy atom. The van der Waals surface area contributed by atoms with Crippen molar-refractivity contribution in [2.45, 2.75) is 6.04 Å². The van der Waals surface area contributed by atoms with Gasteiger partial charge in [0.05, 0.1) is 0 Å². The van der Waals surface area contributed by atoms with Gasteiger partial charge in [-0.3, -0.25) is 4.79 Å². The van der Waals surface area contributed by atoms with Crippen LogP contribution in [0.1, 0.15) is 11.6 Å². The van der Waals surface area contributed by atoms with Gasteiger partial charge in [-0.05, 0) is 23.8 Å². The molecule has 0 aliphatic carbocycles. The molecule has 1 aromatic rings. The Balaban J connectivity index is 2.24. The zero-order valence-electron chi connectivity index (χ0n) is 7.22. The van der Waals surface area contributed by atoms with Gasteiger partial charge in [-0.15, -0.1) is 5.11 Å². The lowest BCUT2D eigenvalue weighted by molar-refractivity contribution is -0.114. The quantitative estimate of drug-likeness (QED) is 0.670. The van der Waals surface area contributed by atoms with E-state index in [0.717, 1.165) is 5.56 Å². The number of hydrogen-bond donors (Lipinski definition) is 0. The molecule has 1 aliphatic heterocycles. The van der Waals surface area contributed by atoms with Crippen molar-refractivity contribution in [3.05, 3.63) is 47.8 Å². The van der Waals surface area contributed by atoms with Gasteiger partial charge in [-0.25, -0.2) is 4.39 Å². The summed E-state index contributed by atoms with van der Waals surface area (Å²) < 4.78 is 12.6. The summed E-state index contributed by atoms with van der Waals surface area (Å²) >= 11 is 0. The summed E-state index contributed by atoms with van der Waals surface area (Å²) in [5.74, 6) is -0.648. The van der Waals surface area contributed by atoms with Crippen molar-refractivity contribution >= 4 is 5.91 Å². The molecule has 0 N–H and O–H groups in total. The Kier molecular flexibility index (Phi) is 2.18. The Morgan fingerprint density at radius 3 is 2.50 bits per heavy atom. The van der Waals surface area contributed by atoms with E-state index in [1.54, 1.807) is 18.2 Å². The van der Waals surface area contributed by atoms with Gasteiger partial charge in [0, 0.05) is 6.08 Å². The fourth-order valence-corrected chi connectivity index (χ4v) is 1.20. The average molecular weight is 190 g/mol. The molecule has 70 valence electrons. The molecular formula is C10H7FN2O. The molecule has 0 bridgehead atoms. The number of azo groups is 1. The summed E-state index contributed by atoms with van der Waals surface area (Å²) in [6, 6.07) is 5.69. The number of halogens is 1. The fourth-order valence-electron chi connectivity index (χ4n) is 1.20. The molecule has 3 nitrogen and oxygen atoms in total. The standard InChI is InChI=1S/C10H7FN2O/c11-8-3-1-7(2-4-8)9-5-6-10(14)13-12-9/h1-6,9H. The number of carbonyl (C=O) groups excluding carboxylic acids is 1. The second-order valence-electron chi connectivity index (χ2n) is 2.91. The highest BCUT2D eigenvalue weighted by Gasteiger charge is 2.11. The Bertz CT molecular complexity index is 393. The highest BCUT2D eigenvalue weighted by molar-refractivity contribution is 5.88. The summed E-state index contributed by atoms with van der Waals surface area (Å²) in [5.41, 5.74) is 0.818. The van der Waals surface area contributed by atoms with E-state index in [2.05, 4.69) is 10.2 Å². The maximum absolute atomic E-state index is 12.6.